The molecule has 3 unspecified atom stereocenters. The molecule has 0 bridgehead atoms. The second-order valence-corrected chi connectivity index (χ2v) is 7.32. The molecule has 0 amide bonds. The van der Waals surface area contributed by atoms with Crippen molar-refractivity contribution in [3.63, 3.8) is 0 Å². The number of hydrogen-bond donors (Lipinski definition) is 1. The van der Waals surface area contributed by atoms with Gasteiger partial charge >= 0.3 is 7.82 Å². The van der Waals surface area contributed by atoms with Gasteiger partial charge in [0.05, 0.1) is 13.2 Å². The van der Waals surface area contributed by atoms with Crippen molar-refractivity contribution in [2.45, 2.75) is 79.1 Å². The summed E-state index contributed by atoms with van der Waals surface area (Å²) < 4.78 is 22.1. The lowest BCUT2D eigenvalue weighted by Crippen LogP contribution is -2.10. The summed E-state index contributed by atoms with van der Waals surface area (Å²) in [6.07, 6.45) is 8.48. The fourth-order valence-corrected chi connectivity index (χ4v) is 3.24. The first-order valence-electron chi connectivity index (χ1n) is 8.60. The van der Waals surface area contributed by atoms with Crippen molar-refractivity contribution in [3.05, 3.63) is 0 Å². The molecule has 0 aliphatic rings. The SMILES string of the molecule is CCCCC(CC)COP(=O)(O)OCCC(CC)CCC. The van der Waals surface area contributed by atoms with Crippen LogP contribution in [0.25, 0.3) is 0 Å². The summed E-state index contributed by atoms with van der Waals surface area (Å²) in [6, 6.07) is 0. The zero-order valence-electron chi connectivity index (χ0n) is 14.3. The van der Waals surface area contributed by atoms with Crippen LogP contribution in [0, 0.1) is 11.8 Å². The summed E-state index contributed by atoms with van der Waals surface area (Å²) in [5, 5.41) is 0. The molecule has 0 heterocycles. The minimum absolute atomic E-state index is 0.304. The molecule has 4 nitrogen and oxygen atoms in total. The maximum absolute atomic E-state index is 11.8. The molecule has 128 valence electrons. The third-order valence-corrected chi connectivity index (χ3v) is 5.06. The van der Waals surface area contributed by atoms with Crippen LogP contribution in [0.5, 0.6) is 0 Å². The van der Waals surface area contributed by atoms with Crippen LogP contribution in [0.2, 0.25) is 0 Å². The first-order valence-corrected chi connectivity index (χ1v) is 10.1. The highest BCUT2D eigenvalue weighted by Gasteiger charge is 2.23. The number of phosphoric ester groups is 1. The van der Waals surface area contributed by atoms with E-state index in [4.69, 9.17) is 9.05 Å². The molecular weight excluding hydrogens is 287 g/mol. The van der Waals surface area contributed by atoms with Crippen LogP contribution < -0.4 is 0 Å². The quantitative estimate of drug-likeness (QED) is 0.426. The van der Waals surface area contributed by atoms with Crippen molar-refractivity contribution in [1.82, 2.24) is 0 Å². The predicted molar refractivity (Wildman–Crippen MR) is 88.3 cm³/mol. The van der Waals surface area contributed by atoms with Crippen LogP contribution in [0.4, 0.5) is 0 Å². The molecule has 0 spiro atoms. The van der Waals surface area contributed by atoms with Gasteiger partial charge in [-0.1, -0.05) is 66.2 Å². The van der Waals surface area contributed by atoms with Crippen LogP contribution in [-0.4, -0.2) is 18.1 Å². The van der Waals surface area contributed by atoms with Gasteiger partial charge in [-0.2, -0.15) is 0 Å². The van der Waals surface area contributed by atoms with E-state index < -0.39 is 7.82 Å². The Hall–Kier alpha value is 0.110. The van der Waals surface area contributed by atoms with E-state index in [1.165, 1.54) is 0 Å². The van der Waals surface area contributed by atoms with Crippen LogP contribution in [-0.2, 0) is 13.6 Å². The standard InChI is InChI=1S/C16H35O4P/c1-5-9-11-16(8-4)14-20-21(17,18)19-13-12-15(7-3)10-6-2/h15-16H,5-14H2,1-4H3,(H,17,18). The van der Waals surface area contributed by atoms with E-state index in [-0.39, 0.29) is 0 Å². The number of phosphoric acid groups is 1. The van der Waals surface area contributed by atoms with Crippen LogP contribution in [0.3, 0.4) is 0 Å². The van der Waals surface area contributed by atoms with Crippen molar-refractivity contribution in [3.8, 4) is 0 Å². The molecule has 1 N–H and O–H groups in total. The molecule has 3 atom stereocenters. The van der Waals surface area contributed by atoms with E-state index in [9.17, 15) is 9.46 Å². The molecule has 0 radical (unpaired) electrons. The normalized spacial score (nSPS) is 17.4. The lowest BCUT2D eigenvalue weighted by atomic mass is 9.98. The first-order chi connectivity index (χ1) is 9.99. The van der Waals surface area contributed by atoms with Gasteiger partial charge in [0.2, 0.25) is 0 Å². The van der Waals surface area contributed by atoms with Gasteiger partial charge in [0, 0.05) is 0 Å². The Kier molecular flexibility index (Phi) is 12.7. The molecule has 0 aromatic rings. The van der Waals surface area contributed by atoms with E-state index >= 15 is 0 Å². The van der Waals surface area contributed by atoms with Gasteiger partial charge in [-0.15, -0.1) is 0 Å². The van der Waals surface area contributed by atoms with Crippen molar-refractivity contribution >= 4 is 7.82 Å². The summed E-state index contributed by atoms with van der Waals surface area (Å²) in [5.41, 5.74) is 0. The molecule has 0 aromatic carbocycles. The Morgan fingerprint density at radius 1 is 0.905 bits per heavy atom. The smallest absolute Gasteiger partial charge is 0.302 e. The Morgan fingerprint density at radius 3 is 2.10 bits per heavy atom. The van der Waals surface area contributed by atoms with E-state index in [2.05, 4.69) is 27.7 Å². The molecule has 0 aliphatic heterocycles. The molecule has 0 saturated heterocycles. The summed E-state index contributed by atoms with van der Waals surface area (Å²) in [4.78, 5) is 9.71. The van der Waals surface area contributed by atoms with Crippen molar-refractivity contribution < 1.29 is 18.5 Å². The van der Waals surface area contributed by atoms with E-state index in [1.54, 1.807) is 0 Å². The van der Waals surface area contributed by atoms with Gasteiger partial charge in [0.15, 0.2) is 0 Å². The maximum atomic E-state index is 11.8. The van der Waals surface area contributed by atoms with Crippen LogP contribution in [0.1, 0.15) is 79.1 Å². The summed E-state index contributed by atoms with van der Waals surface area (Å²) in [6.45, 7) is 9.16. The average molecular weight is 322 g/mol. The highest BCUT2D eigenvalue weighted by Crippen LogP contribution is 2.44. The molecule has 0 aliphatic carbocycles. The highest BCUT2D eigenvalue weighted by molar-refractivity contribution is 7.47. The van der Waals surface area contributed by atoms with E-state index in [1.807, 2.05) is 0 Å². The minimum atomic E-state index is -3.88. The second-order valence-electron chi connectivity index (χ2n) is 5.87. The van der Waals surface area contributed by atoms with Crippen LogP contribution >= 0.6 is 7.82 Å². The largest absolute Gasteiger partial charge is 0.472 e. The minimum Gasteiger partial charge on any atom is -0.302 e. The number of unbranched alkanes of at least 4 members (excludes halogenated alkanes) is 1. The van der Waals surface area contributed by atoms with Gasteiger partial charge < -0.3 is 4.89 Å². The van der Waals surface area contributed by atoms with Crippen LogP contribution in [0.15, 0.2) is 0 Å². The topological polar surface area (TPSA) is 55.8 Å². The van der Waals surface area contributed by atoms with Crippen molar-refractivity contribution in [1.29, 1.82) is 0 Å². The summed E-state index contributed by atoms with van der Waals surface area (Å²) in [5.74, 6) is 0.917. The fourth-order valence-electron chi connectivity index (χ4n) is 2.43. The fraction of sp³-hybridized carbons (Fsp3) is 1.00. The van der Waals surface area contributed by atoms with E-state index in [0.717, 1.165) is 51.4 Å². The molecule has 0 fully saturated rings. The first kappa shape index (κ1) is 21.1. The molecule has 0 aromatic heterocycles. The molecular formula is C16H35O4P. The Bertz CT molecular complexity index is 283. The zero-order valence-corrected chi connectivity index (χ0v) is 15.2. The summed E-state index contributed by atoms with van der Waals surface area (Å²) >= 11 is 0. The van der Waals surface area contributed by atoms with E-state index in [0.29, 0.717) is 25.0 Å². The average Bonchev–Trinajstić information content (AvgIpc) is 2.46. The maximum Gasteiger partial charge on any atom is 0.472 e. The summed E-state index contributed by atoms with van der Waals surface area (Å²) in [7, 11) is -3.88. The third-order valence-electron chi connectivity index (χ3n) is 4.07. The zero-order chi connectivity index (χ0) is 16.1. The van der Waals surface area contributed by atoms with Gasteiger partial charge in [0.1, 0.15) is 0 Å². The lowest BCUT2D eigenvalue weighted by Gasteiger charge is -2.19. The van der Waals surface area contributed by atoms with Gasteiger partial charge in [-0.25, -0.2) is 4.57 Å². The highest BCUT2D eigenvalue weighted by atomic mass is 31.2. The second kappa shape index (κ2) is 12.6. The Labute approximate surface area is 131 Å². The van der Waals surface area contributed by atoms with Gasteiger partial charge in [-0.3, -0.25) is 9.05 Å². The molecule has 0 saturated carbocycles. The predicted octanol–water partition coefficient (Wildman–Crippen LogP) is 5.55. The molecule has 21 heavy (non-hydrogen) atoms. The van der Waals surface area contributed by atoms with Gasteiger partial charge in [-0.05, 0) is 24.7 Å². The van der Waals surface area contributed by atoms with Crippen molar-refractivity contribution in [2.24, 2.45) is 11.8 Å². The monoisotopic (exact) mass is 322 g/mol. The third kappa shape index (κ3) is 11.3. The Balaban J connectivity index is 3.98. The number of rotatable bonds is 14. The Morgan fingerprint density at radius 2 is 1.57 bits per heavy atom. The number of hydrogen-bond acceptors (Lipinski definition) is 3. The van der Waals surface area contributed by atoms with Crippen molar-refractivity contribution in [2.75, 3.05) is 13.2 Å². The lowest BCUT2D eigenvalue weighted by molar-refractivity contribution is 0.121. The molecule has 5 heteroatoms. The molecule has 0 rings (SSSR count). The van der Waals surface area contributed by atoms with Gasteiger partial charge in [0.25, 0.3) is 0 Å².